The molecule has 0 radical (unpaired) electrons. The molecule has 0 saturated carbocycles. The van der Waals surface area contributed by atoms with Gasteiger partial charge in [-0.15, -0.1) is 5.53 Å². The third kappa shape index (κ3) is 3.19. The Morgan fingerprint density at radius 3 is 3.00 bits per heavy atom. The van der Waals surface area contributed by atoms with Gasteiger partial charge in [0.2, 0.25) is 0 Å². The summed E-state index contributed by atoms with van der Waals surface area (Å²) in [4.78, 5) is 3.33. The fourth-order valence-corrected chi connectivity index (χ4v) is 5.10. The lowest BCUT2D eigenvalue weighted by atomic mass is 9.91. The van der Waals surface area contributed by atoms with Gasteiger partial charge in [0.1, 0.15) is 0 Å². The van der Waals surface area contributed by atoms with Crippen molar-refractivity contribution in [2.75, 3.05) is 25.0 Å². The summed E-state index contributed by atoms with van der Waals surface area (Å²) in [5.74, 6) is 0. The monoisotopic (exact) mass is 412 g/mol. The standard InChI is InChI=1S/C25H28N6/c1-16-25-19-6-5-18(17-7-11-26-12-8-17)15-21(19)24(10-14-31(25)30-29-16)28-23-4-2-3-22-20(23)9-13-27-22/h2-7,9,13,15,24,26-30H,8,10-12,14H2,1H3. The summed E-state index contributed by atoms with van der Waals surface area (Å²) in [7, 11) is 0. The van der Waals surface area contributed by atoms with Gasteiger partial charge in [-0.1, -0.05) is 24.3 Å². The second-order valence-corrected chi connectivity index (χ2v) is 8.58. The van der Waals surface area contributed by atoms with Gasteiger partial charge in [0.15, 0.2) is 0 Å². The minimum absolute atomic E-state index is 0.227. The first kappa shape index (κ1) is 18.5. The second-order valence-electron chi connectivity index (χ2n) is 8.58. The van der Waals surface area contributed by atoms with Crippen molar-refractivity contribution in [3.05, 3.63) is 77.1 Å². The molecule has 1 atom stereocenters. The molecule has 0 spiro atoms. The van der Waals surface area contributed by atoms with Gasteiger partial charge < -0.3 is 21.0 Å². The Kier molecular flexibility index (Phi) is 4.47. The van der Waals surface area contributed by atoms with Crippen LogP contribution in [0.25, 0.3) is 22.2 Å². The van der Waals surface area contributed by atoms with E-state index in [1.807, 2.05) is 6.20 Å². The maximum absolute atomic E-state index is 3.89. The smallest absolute Gasteiger partial charge is 0.0814 e. The molecule has 0 bridgehead atoms. The first-order chi connectivity index (χ1) is 15.3. The van der Waals surface area contributed by atoms with E-state index in [0.717, 1.165) is 38.0 Å². The van der Waals surface area contributed by atoms with Crippen LogP contribution in [0.3, 0.4) is 0 Å². The fourth-order valence-electron chi connectivity index (χ4n) is 5.10. The summed E-state index contributed by atoms with van der Waals surface area (Å²) in [6, 6.07) is 15.8. The molecule has 0 aliphatic carbocycles. The molecule has 31 heavy (non-hydrogen) atoms. The molecule has 5 N–H and O–H groups in total. The number of rotatable bonds is 3. The van der Waals surface area contributed by atoms with Crippen LogP contribution in [0.4, 0.5) is 5.69 Å². The molecule has 0 amide bonds. The summed E-state index contributed by atoms with van der Waals surface area (Å²) >= 11 is 0. The zero-order valence-electron chi connectivity index (χ0n) is 17.8. The minimum Gasteiger partial charge on any atom is -0.378 e. The number of aromatic nitrogens is 1. The Bertz CT molecular complexity index is 1200. The van der Waals surface area contributed by atoms with Crippen LogP contribution in [0.5, 0.6) is 0 Å². The number of nitrogens with one attached hydrogen (secondary N) is 5. The van der Waals surface area contributed by atoms with E-state index in [1.165, 1.54) is 44.7 Å². The van der Waals surface area contributed by atoms with Gasteiger partial charge in [0, 0.05) is 41.4 Å². The number of allylic oxidation sites excluding steroid dienone is 1. The molecule has 158 valence electrons. The van der Waals surface area contributed by atoms with Crippen LogP contribution in [0.15, 0.2) is 60.4 Å². The molecule has 6 heteroatoms. The van der Waals surface area contributed by atoms with E-state index in [4.69, 9.17) is 0 Å². The summed E-state index contributed by atoms with van der Waals surface area (Å²) in [5, 5.41) is 10.8. The maximum atomic E-state index is 3.89. The molecule has 6 nitrogen and oxygen atoms in total. The Hall–Kier alpha value is -3.22. The largest absolute Gasteiger partial charge is 0.378 e. The van der Waals surface area contributed by atoms with E-state index >= 15 is 0 Å². The fraction of sp³-hybridized carbons (Fsp3) is 0.280. The SMILES string of the molecule is CC1=C2c3ccc(C4=CCNCC4)cc3C(Nc3cccc4[nH]ccc34)CCN2NN1. The van der Waals surface area contributed by atoms with Gasteiger partial charge in [-0.2, -0.15) is 0 Å². The molecule has 1 unspecified atom stereocenters. The van der Waals surface area contributed by atoms with Crippen molar-refractivity contribution in [1.82, 2.24) is 26.3 Å². The molecule has 1 aromatic heterocycles. The zero-order chi connectivity index (χ0) is 20.8. The Labute approximate surface area is 182 Å². The van der Waals surface area contributed by atoms with E-state index in [9.17, 15) is 0 Å². The van der Waals surface area contributed by atoms with E-state index in [1.54, 1.807) is 0 Å². The number of anilines is 1. The van der Waals surface area contributed by atoms with E-state index < -0.39 is 0 Å². The first-order valence-electron chi connectivity index (χ1n) is 11.1. The van der Waals surface area contributed by atoms with Crippen molar-refractivity contribution in [1.29, 1.82) is 0 Å². The zero-order valence-corrected chi connectivity index (χ0v) is 17.8. The minimum atomic E-state index is 0.227. The van der Waals surface area contributed by atoms with Gasteiger partial charge >= 0.3 is 0 Å². The van der Waals surface area contributed by atoms with Crippen LogP contribution < -0.4 is 21.6 Å². The Balaban J connectivity index is 1.46. The number of fused-ring (bicyclic) bond motifs is 4. The molecular formula is C25H28N6. The third-order valence-corrected chi connectivity index (χ3v) is 6.69. The first-order valence-corrected chi connectivity index (χ1v) is 11.1. The molecular weight excluding hydrogens is 384 g/mol. The number of hydrogen-bond acceptors (Lipinski definition) is 5. The van der Waals surface area contributed by atoms with Gasteiger partial charge in [-0.25, -0.2) is 0 Å². The van der Waals surface area contributed by atoms with Crippen LogP contribution in [0, 0.1) is 0 Å². The van der Waals surface area contributed by atoms with Crippen molar-refractivity contribution in [2.24, 2.45) is 0 Å². The normalized spacial score (nSPS) is 20.7. The number of nitrogens with zero attached hydrogens (tertiary/aromatic N) is 1. The number of hydrazine groups is 2. The van der Waals surface area contributed by atoms with Gasteiger partial charge in [-0.05, 0) is 67.3 Å². The predicted molar refractivity (Wildman–Crippen MR) is 127 cm³/mol. The van der Waals surface area contributed by atoms with Crippen molar-refractivity contribution >= 4 is 27.9 Å². The molecule has 3 aliphatic heterocycles. The molecule has 2 aromatic carbocycles. The molecule has 4 heterocycles. The summed E-state index contributed by atoms with van der Waals surface area (Å²) in [5.41, 5.74) is 16.9. The number of benzene rings is 2. The lowest BCUT2D eigenvalue weighted by Gasteiger charge is -2.23. The number of H-pyrrole nitrogens is 1. The van der Waals surface area contributed by atoms with Crippen molar-refractivity contribution < 1.29 is 0 Å². The third-order valence-electron chi connectivity index (χ3n) is 6.69. The highest BCUT2D eigenvalue weighted by molar-refractivity contribution is 5.92. The summed E-state index contributed by atoms with van der Waals surface area (Å²) in [6.45, 7) is 5.07. The molecule has 6 rings (SSSR count). The molecule has 3 aromatic rings. The quantitative estimate of drug-likeness (QED) is 0.448. The topological polar surface area (TPSA) is 67.1 Å². The van der Waals surface area contributed by atoms with Gasteiger partial charge in [0.25, 0.3) is 0 Å². The van der Waals surface area contributed by atoms with E-state index in [-0.39, 0.29) is 6.04 Å². The number of aromatic amines is 1. The van der Waals surface area contributed by atoms with Crippen molar-refractivity contribution in [2.45, 2.75) is 25.8 Å². The highest BCUT2D eigenvalue weighted by Crippen LogP contribution is 2.39. The Morgan fingerprint density at radius 2 is 2.10 bits per heavy atom. The van der Waals surface area contributed by atoms with Crippen LogP contribution in [-0.2, 0) is 0 Å². The lowest BCUT2D eigenvalue weighted by molar-refractivity contribution is 0.281. The van der Waals surface area contributed by atoms with Gasteiger partial charge in [0.05, 0.1) is 17.4 Å². The lowest BCUT2D eigenvalue weighted by Crippen LogP contribution is -2.37. The van der Waals surface area contributed by atoms with Crippen molar-refractivity contribution in [3.8, 4) is 0 Å². The average Bonchev–Trinajstić information content (AvgIpc) is 3.40. The van der Waals surface area contributed by atoms with Crippen molar-refractivity contribution in [3.63, 3.8) is 0 Å². The molecule has 0 fully saturated rings. The van der Waals surface area contributed by atoms with E-state index in [2.05, 4.69) is 87.1 Å². The summed E-state index contributed by atoms with van der Waals surface area (Å²) < 4.78 is 0. The summed E-state index contributed by atoms with van der Waals surface area (Å²) in [6.07, 6.45) is 6.43. The maximum Gasteiger partial charge on any atom is 0.0814 e. The van der Waals surface area contributed by atoms with Crippen LogP contribution in [0.1, 0.15) is 42.5 Å². The number of hydrogen-bond donors (Lipinski definition) is 5. The predicted octanol–water partition coefficient (Wildman–Crippen LogP) is 4.11. The van der Waals surface area contributed by atoms with Crippen LogP contribution >= 0.6 is 0 Å². The highest BCUT2D eigenvalue weighted by atomic mass is 15.7. The molecule has 0 saturated heterocycles. The van der Waals surface area contributed by atoms with Crippen LogP contribution in [-0.4, -0.2) is 29.6 Å². The van der Waals surface area contributed by atoms with Gasteiger partial charge in [-0.3, -0.25) is 5.01 Å². The van der Waals surface area contributed by atoms with Crippen LogP contribution in [0.2, 0.25) is 0 Å². The van der Waals surface area contributed by atoms with E-state index in [0.29, 0.717) is 0 Å². The Morgan fingerprint density at radius 1 is 1.13 bits per heavy atom. The molecule has 3 aliphatic rings. The highest BCUT2D eigenvalue weighted by Gasteiger charge is 2.30. The second kappa shape index (κ2) is 7.48. The average molecular weight is 413 g/mol.